The molecule has 0 unspecified atom stereocenters. The lowest BCUT2D eigenvalue weighted by Crippen LogP contribution is -2.41. The number of nitrogens with zero attached hydrogens (tertiary/aromatic N) is 2. The van der Waals surface area contributed by atoms with E-state index < -0.39 is 0 Å². The van der Waals surface area contributed by atoms with Crippen LogP contribution in [0.4, 0.5) is 0 Å². The van der Waals surface area contributed by atoms with Crippen molar-refractivity contribution < 1.29 is 14.0 Å². The van der Waals surface area contributed by atoms with Gasteiger partial charge in [0, 0.05) is 7.05 Å². The van der Waals surface area contributed by atoms with Crippen LogP contribution in [0, 0.1) is 0 Å². The summed E-state index contributed by atoms with van der Waals surface area (Å²) in [5.41, 5.74) is 1.82. The largest absolute Gasteiger partial charge is 0.494 e. The van der Waals surface area contributed by atoms with Crippen LogP contribution in [0.2, 0.25) is 0 Å². The smallest absolute Gasteiger partial charge is 0.487 e. The number of hydrogen-bond donors (Lipinski definition) is 1. The van der Waals surface area contributed by atoms with Crippen LogP contribution >= 0.6 is 0 Å². The molecule has 1 aliphatic rings. The van der Waals surface area contributed by atoms with E-state index in [1.54, 1.807) is 7.05 Å². The van der Waals surface area contributed by atoms with Gasteiger partial charge >= 0.3 is 12.8 Å². The van der Waals surface area contributed by atoms with Crippen molar-refractivity contribution in [2.75, 3.05) is 0 Å². The number of hydrogen-bond acceptors (Lipinski definition) is 4. The fourth-order valence-corrected chi connectivity index (χ4v) is 3.17. The van der Waals surface area contributed by atoms with Gasteiger partial charge in [-0.15, -0.1) is 0 Å². The Kier molecular flexibility index (Phi) is 4.71. The molecule has 2 heterocycles. The summed E-state index contributed by atoms with van der Waals surface area (Å²) < 4.78 is 21.0. The van der Waals surface area contributed by atoms with Gasteiger partial charge in [0.05, 0.1) is 11.2 Å². The molecule has 0 amide bonds. The van der Waals surface area contributed by atoms with Gasteiger partial charge in [-0.1, -0.05) is 36.4 Å². The molecule has 0 saturated carbocycles. The van der Waals surface area contributed by atoms with E-state index >= 15 is 0 Å². The summed E-state index contributed by atoms with van der Waals surface area (Å²) in [6, 6.07) is 15.5. The molecule has 0 spiro atoms. The van der Waals surface area contributed by atoms with Gasteiger partial charge in [-0.2, -0.15) is 4.68 Å². The van der Waals surface area contributed by atoms with Crippen molar-refractivity contribution in [2.24, 2.45) is 7.05 Å². The van der Waals surface area contributed by atoms with Crippen molar-refractivity contribution in [1.29, 1.82) is 0 Å². The van der Waals surface area contributed by atoms with Crippen molar-refractivity contribution in [1.82, 2.24) is 14.6 Å². The van der Waals surface area contributed by atoms with Crippen LogP contribution in [0.15, 0.2) is 53.3 Å². The average Bonchev–Trinajstić information content (AvgIpc) is 2.92. The monoisotopic (exact) mass is 395 g/mol. The maximum Gasteiger partial charge on any atom is 0.494 e. The highest BCUT2D eigenvalue weighted by molar-refractivity contribution is 6.62. The molecule has 3 aromatic rings. The molecule has 1 fully saturated rings. The summed E-state index contributed by atoms with van der Waals surface area (Å²) in [7, 11) is 1.29. The van der Waals surface area contributed by atoms with Crippen LogP contribution in [0.1, 0.15) is 33.3 Å². The van der Waals surface area contributed by atoms with Gasteiger partial charge in [0.25, 0.3) is 0 Å². The minimum absolute atomic E-state index is 0.132. The van der Waals surface area contributed by atoms with Crippen LogP contribution < -0.4 is 15.9 Å². The van der Waals surface area contributed by atoms with Crippen molar-refractivity contribution in [3.05, 3.63) is 64.6 Å². The first-order chi connectivity index (χ1) is 13.7. The Labute approximate surface area is 170 Å². The second-order valence-electron chi connectivity index (χ2n) is 8.36. The third kappa shape index (κ3) is 3.54. The zero-order chi connectivity index (χ0) is 20.8. The molecular weight excluding hydrogens is 369 g/mol. The Bertz CT molecular complexity index is 1050. The molecule has 1 aromatic heterocycles. The van der Waals surface area contributed by atoms with Crippen molar-refractivity contribution in [3.8, 4) is 11.4 Å². The van der Waals surface area contributed by atoms with E-state index in [0.29, 0.717) is 18.0 Å². The fourth-order valence-electron chi connectivity index (χ4n) is 3.17. The summed E-state index contributed by atoms with van der Waals surface area (Å²) in [5.74, 6) is 0.636. The van der Waals surface area contributed by atoms with Gasteiger partial charge in [-0.3, -0.25) is 0 Å². The molecule has 1 saturated heterocycles. The number of ether oxygens (including phenoxy) is 1. The topological polar surface area (TPSA) is 70.4 Å². The lowest BCUT2D eigenvalue weighted by atomic mass is 9.79. The van der Waals surface area contributed by atoms with Gasteiger partial charge in [0.1, 0.15) is 18.0 Å². The highest BCUT2D eigenvalue weighted by Crippen LogP contribution is 2.36. The average molecular weight is 395 g/mol. The molecule has 0 bridgehead atoms. The molecular formula is C21H26BN3O4. The fraction of sp³-hybridized carbons (Fsp3) is 0.381. The summed E-state index contributed by atoms with van der Waals surface area (Å²) in [5, 5.41) is 2.91. The lowest BCUT2D eigenvalue weighted by Gasteiger charge is -2.32. The normalized spacial score (nSPS) is 17.6. The van der Waals surface area contributed by atoms with Gasteiger partial charge < -0.3 is 14.0 Å². The van der Waals surface area contributed by atoms with E-state index in [0.717, 1.165) is 11.0 Å². The summed E-state index contributed by atoms with van der Waals surface area (Å²) in [6.45, 7) is 8.56. The van der Waals surface area contributed by atoms with E-state index in [2.05, 4.69) is 5.21 Å². The van der Waals surface area contributed by atoms with E-state index in [1.165, 1.54) is 9.36 Å². The SMILES string of the molecule is Cn1[nH]n(-c2ccccc2OCc2ccc(B3OC(C)(C)C(C)(C)O3)cc2)c1=O. The molecule has 152 valence electrons. The third-order valence-corrected chi connectivity index (χ3v) is 5.73. The van der Waals surface area contributed by atoms with E-state index in [9.17, 15) is 4.79 Å². The minimum Gasteiger partial charge on any atom is -0.487 e. The Balaban J connectivity index is 1.45. The van der Waals surface area contributed by atoms with Crippen molar-refractivity contribution in [2.45, 2.75) is 45.5 Å². The molecule has 4 rings (SSSR count). The number of nitrogens with one attached hydrogen (secondary N) is 1. The maximum atomic E-state index is 12.0. The molecule has 0 radical (unpaired) electrons. The van der Waals surface area contributed by atoms with Crippen LogP contribution in [0.5, 0.6) is 5.75 Å². The van der Waals surface area contributed by atoms with Gasteiger partial charge in [-0.25, -0.2) is 14.7 Å². The Morgan fingerprint density at radius 1 is 1.00 bits per heavy atom. The minimum atomic E-state index is -0.379. The number of H-pyrrole nitrogens is 1. The van der Waals surface area contributed by atoms with Crippen LogP contribution in [-0.2, 0) is 23.0 Å². The van der Waals surface area contributed by atoms with Crippen LogP contribution in [0.25, 0.3) is 5.69 Å². The number of aryl methyl sites for hydroxylation is 1. The molecule has 1 aliphatic heterocycles. The van der Waals surface area contributed by atoms with Gasteiger partial charge in [-0.05, 0) is 50.9 Å². The quantitative estimate of drug-likeness (QED) is 0.674. The molecule has 8 heteroatoms. The summed E-state index contributed by atoms with van der Waals surface area (Å²) in [4.78, 5) is 12.0. The lowest BCUT2D eigenvalue weighted by molar-refractivity contribution is 0.00578. The first kappa shape index (κ1) is 19.6. The Morgan fingerprint density at radius 3 is 2.21 bits per heavy atom. The van der Waals surface area contributed by atoms with Crippen LogP contribution in [-0.4, -0.2) is 32.9 Å². The molecule has 0 aliphatic carbocycles. The van der Waals surface area contributed by atoms with Crippen molar-refractivity contribution >= 4 is 12.6 Å². The number of rotatable bonds is 5. The maximum absolute atomic E-state index is 12.0. The van der Waals surface area contributed by atoms with Gasteiger partial charge in [0.2, 0.25) is 0 Å². The highest BCUT2D eigenvalue weighted by Gasteiger charge is 2.51. The molecule has 29 heavy (non-hydrogen) atoms. The first-order valence-corrected chi connectivity index (χ1v) is 9.68. The first-order valence-electron chi connectivity index (χ1n) is 9.68. The predicted octanol–water partition coefficient (Wildman–Crippen LogP) is 2.38. The number of para-hydroxylation sites is 2. The Morgan fingerprint density at radius 2 is 1.62 bits per heavy atom. The van der Waals surface area contributed by atoms with Crippen LogP contribution in [0.3, 0.4) is 0 Å². The zero-order valence-electron chi connectivity index (χ0n) is 17.4. The highest BCUT2D eigenvalue weighted by atomic mass is 16.7. The van der Waals surface area contributed by atoms with E-state index in [1.807, 2.05) is 76.2 Å². The number of aromatic amines is 1. The van der Waals surface area contributed by atoms with Crippen molar-refractivity contribution in [3.63, 3.8) is 0 Å². The summed E-state index contributed by atoms with van der Waals surface area (Å²) in [6.07, 6.45) is 0. The summed E-state index contributed by atoms with van der Waals surface area (Å²) >= 11 is 0. The predicted molar refractivity (Wildman–Crippen MR) is 112 cm³/mol. The number of aromatic nitrogens is 3. The standard InChI is InChI=1S/C21H26BN3O4/c1-20(2)21(3,4)29-22(28-20)16-12-10-15(11-13-16)14-27-18-9-7-6-8-17(18)25-19(26)24(5)23-25/h6-13,23H,14H2,1-5H3. The third-order valence-electron chi connectivity index (χ3n) is 5.73. The Hall–Kier alpha value is -2.71. The number of benzene rings is 2. The van der Waals surface area contributed by atoms with E-state index in [-0.39, 0.29) is 24.0 Å². The zero-order valence-corrected chi connectivity index (χ0v) is 17.4. The molecule has 2 aromatic carbocycles. The van der Waals surface area contributed by atoms with E-state index in [4.69, 9.17) is 14.0 Å². The molecule has 7 nitrogen and oxygen atoms in total. The second kappa shape index (κ2) is 6.97. The molecule has 1 N–H and O–H groups in total. The van der Waals surface area contributed by atoms with Gasteiger partial charge in [0.15, 0.2) is 0 Å². The molecule has 0 atom stereocenters. The second-order valence-corrected chi connectivity index (χ2v) is 8.36.